The summed E-state index contributed by atoms with van der Waals surface area (Å²) in [5.74, 6) is 1.01. The number of ether oxygens (including phenoxy) is 2. The molecule has 3 nitrogen and oxygen atoms in total. The van der Waals surface area contributed by atoms with Gasteiger partial charge in [-0.1, -0.05) is 12.1 Å². The van der Waals surface area contributed by atoms with Crippen molar-refractivity contribution in [1.82, 2.24) is 5.32 Å². The zero-order chi connectivity index (χ0) is 14.5. The van der Waals surface area contributed by atoms with Crippen molar-refractivity contribution in [2.75, 3.05) is 13.2 Å². The summed E-state index contributed by atoms with van der Waals surface area (Å²) in [7, 11) is 0. The van der Waals surface area contributed by atoms with Crippen LogP contribution in [0.4, 0.5) is 0 Å². The van der Waals surface area contributed by atoms with Crippen molar-refractivity contribution in [2.24, 2.45) is 0 Å². The van der Waals surface area contributed by atoms with Gasteiger partial charge < -0.3 is 14.8 Å². The van der Waals surface area contributed by atoms with Crippen LogP contribution in [0.2, 0.25) is 0 Å². The molecule has 0 radical (unpaired) electrons. The molecule has 2 unspecified atom stereocenters. The van der Waals surface area contributed by atoms with Gasteiger partial charge >= 0.3 is 0 Å². The molecule has 116 valence electrons. The van der Waals surface area contributed by atoms with Gasteiger partial charge in [-0.25, -0.2) is 0 Å². The van der Waals surface area contributed by atoms with E-state index in [1.165, 1.54) is 44.1 Å². The first-order chi connectivity index (χ1) is 10.3. The van der Waals surface area contributed by atoms with E-state index in [1.807, 2.05) is 0 Å². The molecular weight excluding hydrogens is 262 g/mol. The molecule has 1 heterocycles. The summed E-state index contributed by atoms with van der Waals surface area (Å²) in [6.07, 6.45) is 8.27. The van der Waals surface area contributed by atoms with Gasteiger partial charge in [-0.15, -0.1) is 0 Å². The lowest BCUT2D eigenvalue weighted by molar-refractivity contribution is 0.108. The van der Waals surface area contributed by atoms with Gasteiger partial charge in [0.2, 0.25) is 0 Å². The normalized spacial score (nSPS) is 24.3. The predicted octanol–water partition coefficient (Wildman–Crippen LogP) is 3.84. The summed E-state index contributed by atoms with van der Waals surface area (Å²) in [5.41, 5.74) is 1.31. The highest BCUT2D eigenvalue weighted by Crippen LogP contribution is 2.25. The lowest BCUT2D eigenvalue weighted by Gasteiger charge is -2.18. The third kappa shape index (κ3) is 4.21. The number of hydrogen-bond acceptors (Lipinski definition) is 3. The van der Waals surface area contributed by atoms with Crippen molar-refractivity contribution >= 4 is 0 Å². The third-order valence-electron chi connectivity index (χ3n) is 4.66. The van der Waals surface area contributed by atoms with Crippen molar-refractivity contribution in [3.8, 4) is 5.75 Å². The fourth-order valence-electron chi connectivity index (χ4n) is 3.27. The van der Waals surface area contributed by atoms with Gasteiger partial charge in [-0.3, -0.25) is 0 Å². The zero-order valence-corrected chi connectivity index (χ0v) is 13.0. The molecule has 1 saturated heterocycles. The highest BCUT2D eigenvalue weighted by atomic mass is 16.5. The van der Waals surface area contributed by atoms with E-state index < -0.39 is 0 Å². The van der Waals surface area contributed by atoms with Gasteiger partial charge in [0.1, 0.15) is 5.75 Å². The first-order valence-electron chi connectivity index (χ1n) is 8.43. The molecule has 3 rings (SSSR count). The van der Waals surface area contributed by atoms with Gasteiger partial charge in [0, 0.05) is 19.2 Å². The van der Waals surface area contributed by atoms with E-state index in [1.54, 1.807) is 0 Å². The van der Waals surface area contributed by atoms with Gasteiger partial charge in [-0.2, -0.15) is 0 Å². The van der Waals surface area contributed by atoms with Crippen LogP contribution in [0.3, 0.4) is 0 Å². The largest absolute Gasteiger partial charge is 0.490 e. The quantitative estimate of drug-likeness (QED) is 0.863. The molecular formula is C18H27NO2. The predicted molar refractivity (Wildman–Crippen MR) is 84.7 cm³/mol. The van der Waals surface area contributed by atoms with Crippen LogP contribution in [0, 0.1) is 0 Å². The second kappa shape index (κ2) is 7.28. The lowest BCUT2D eigenvalue weighted by atomic mass is 10.1. The maximum absolute atomic E-state index is 6.01. The van der Waals surface area contributed by atoms with E-state index in [9.17, 15) is 0 Å². The monoisotopic (exact) mass is 289 g/mol. The molecule has 0 spiro atoms. The average Bonchev–Trinajstić information content (AvgIpc) is 3.19. The van der Waals surface area contributed by atoms with Crippen LogP contribution < -0.4 is 10.1 Å². The minimum absolute atomic E-state index is 0.356. The van der Waals surface area contributed by atoms with E-state index in [0.29, 0.717) is 18.2 Å². The summed E-state index contributed by atoms with van der Waals surface area (Å²) in [6, 6.07) is 8.93. The number of rotatable bonds is 6. The van der Waals surface area contributed by atoms with Gasteiger partial charge in [0.05, 0.1) is 12.2 Å². The molecule has 1 saturated carbocycles. The van der Waals surface area contributed by atoms with E-state index in [0.717, 1.165) is 18.9 Å². The minimum atomic E-state index is 0.356. The molecule has 2 fully saturated rings. The molecule has 2 atom stereocenters. The standard InChI is InChI=1S/C18H27NO2/c1-14(19-13-18-7-4-12-20-18)15-8-10-17(11-9-15)21-16-5-2-3-6-16/h8-11,14,16,18-19H,2-7,12-13H2,1H3. The van der Waals surface area contributed by atoms with Crippen LogP contribution in [-0.2, 0) is 4.74 Å². The fourth-order valence-corrected chi connectivity index (χ4v) is 3.27. The Bertz CT molecular complexity index is 419. The Hall–Kier alpha value is -1.06. The third-order valence-corrected chi connectivity index (χ3v) is 4.66. The number of nitrogens with one attached hydrogen (secondary N) is 1. The molecule has 1 aliphatic carbocycles. The number of hydrogen-bond donors (Lipinski definition) is 1. The van der Waals surface area contributed by atoms with Crippen LogP contribution in [0.15, 0.2) is 24.3 Å². The van der Waals surface area contributed by atoms with Crippen LogP contribution in [-0.4, -0.2) is 25.4 Å². The maximum Gasteiger partial charge on any atom is 0.119 e. The lowest BCUT2D eigenvalue weighted by Crippen LogP contribution is -2.28. The smallest absolute Gasteiger partial charge is 0.119 e. The molecule has 1 N–H and O–H groups in total. The topological polar surface area (TPSA) is 30.5 Å². The summed E-state index contributed by atoms with van der Waals surface area (Å²) < 4.78 is 11.7. The number of benzene rings is 1. The molecule has 3 heteroatoms. The Kier molecular flexibility index (Phi) is 5.15. The summed E-state index contributed by atoms with van der Waals surface area (Å²) in [6.45, 7) is 4.08. The van der Waals surface area contributed by atoms with E-state index >= 15 is 0 Å². The molecule has 0 aromatic heterocycles. The first-order valence-corrected chi connectivity index (χ1v) is 8.43. The summed E-state index contributed by atoms with van der Waals surface area (Å²) in [4.78, 5) is 0. The Morgan fingerprint density at radius 1 is 1.14 bits per heavy atom. The first kappa shape index (κ1) is 14.9. The molecule has 1 aromatic rings. The molecule has 0 bridgehead atoms. The SMILES string of the molecule is CC(NCC1CCCO1)c1ccc(OC2CCCC2)cc1. The minimum Gasteiger partial charge on any atom is -0.490 e. The summed E-state index contributed by atoms with van der Waals surface area (Å²) in [5, 5.41) is 3.57. The van der Waals surface area contributed by atoms with E-state index in [4.69, 9.17) is 9.47 Å². The highest BCUT2D eigenvalue weighted by molar-refractivity contribution is 5.29. The molecule has 21 heavy (non-hydrogen) atoms. The van der Waals surface area contributed by atoms with Crippen LogP contribution >= 0.6 is 0 Å². The molecule has 1 aromatic carbocycles. The molecule has 1 aliphatic heterocycles. The zero-order valence-electron chi connectivity index (χ0n) is 13.0. The molecule has 0 amide bonds. The highest BCUT2D eigenvalue weighted by Gasteiger charge is 2.18. The fraction of sp³-hybridized carbons (Fsp3) is 0.667. The van der Waals surface area contributed by atoms with Crippen LogP contribution in [0.5, 0.6) is 5.75 Å². The van der Waals surface area contributed by atoms with Crippen molar-refractivity contribution in [3.63, 3.8) is 0 Å². The second-order valence-electron chi connectivity index (χ2n) is 6.36. The van der Waals surface area contributed by atoms with Crippen LogP contribution in [0.25, 0.3) is 0 Å². The average molecular weight is 289 g/mol. The Balaban J connectivity index is 1.48. The Labute approximate surface area is 128 Å². The van der Waals surface area contributed by atoms with Gasteiger partial charge in [0.15, 0.2) is 0 Å². The van der Waals surface area contributed by atoms with Crippen LogP contribution in [0.1, 0.15) is 57.1 Å². The van der Waals surface area contributed by atoms with Crippen molar-refractivity contribution in [2.45, 2.75) is 63.7 Å². The van der Waals surface area contributed by atoms with Gasteiger partial charge in [0.25, 0.3) is 0 Å². The Morgan fingerprint density at radius 3 is 2.57 bits per heavy atom. The maximum atomic E-state index is 6.01. The molecule has 2 aliphatic rings. The van der Waals surface area contributed by atoms with E-state index in [-0.39, 0.29) is 0 Å². The van der Waals surface area contributed by atoms with Crippen molar-refractivity contribution in [3.05, 3.63) is 29.8 Å². The van der Waals surface area contributed by atoms with Crippen molar-refractivity contribution < 1.29 is 9.47 Å². The summed E-state index contributed by atoms with van der Waals surface area (Å²) >= 11 is 0. The van der Waals surface area contributed by atoms with E-state index in [2.05, 4.69) is 36.5 Å². The second-order valence-corrected chi connectivity index (χ2v) is 6.36. The Morgan fingerprint density at radius 2 is 1.90 bits per heavy atom. The van der Waals surface area contributed by atoms with Crippen molar-refractivity contribution in [1.29, 1.82) is 0 Å². The van der Waals surface area contributed by atoms with Gasteiger partial charge in [-0.05, 0) is 63.1 Å².